The molecule has 2 aliphatic heterocycles. The average Bonchev–Trinajstić information content (AvgIpc) is 3.21. The molecule has 27 heavy (non-hydrogen) atoms. The van der Waals surface area contributed by atoms with E-state index >= 15 is 0 Å². The van der Waals surface area contributed by atoms with E-state index in [4.69, 9.17) is 9.84 Å². The van der Waals surface area contributed by atoms with Crippen LogP contribution in [0.1, 0.15) is 25.7 Å². The zero-order valence-electron chi connectivity index (χ0n) is 15.2. The van der Waals surface area contributed by atoms with Crippen molar-refractivity contribution in [1.82, 2.24) is 9.80 Å². The maximum absolute atomic E-state index is 12.5. The number of carbonyl (C=O) groups is 3. The summed E-state index contributed by atoms with van der Waals surface area (Å²) in [6.07, 6.45) is 3.46. The molecule has 0 radical (unpaired) electrons. The monoisotopic (exact) mass is 375 g/mol. The van der Waals surface area contributed by atoms with Gasteiger partial charge in [0.25, 0.3) is 0 Å². The highest BCUT2D eigenvalue weighted by molar-refractivity contribution is 5.92. The minimum absolute atomic E-state index is 0.0533. The smallest absolute Gasteiger partial charge is 0.341 e. The van der Waals surface area contributed by atoms with E-state index in [9.17, 15) is 14.4 Å². The maximum Gasteiger partial charge on any atom is 0.341 e. The number of nitrogens with one attached hydrogen (secondary N) is 1. The second-order valence-electron chi connectivity index (χ2n) is 6.93. The van der Waals surface area contributed by atoms with Crippen LogP contribution in [0.3, 0.4) is 0 Å². The molecule has 0 bridgehead atoms. The van der Waals surface area contributed by atoms with E-state index in [2.05, 4.69) is 5.32 Å². The first-order chi connectivity index (χ1) is 13.0. The molecule has 1 aromatic rings. The van der Waals surface area contributed by atoms with Crippen LogP contribution in [-0.2, 0) is 9.59 Å². The Labute approximate surface area is 158 Å². The summed E-state index contributed by atoms with van der Waals surface area (Å²) in [7, 11) is 0. The second kappa shape index (κ2) is 8.75. The van der Waals surface area contributed by atoms with Gasteiger partial charge in [-0.1, -0.05) is 0 Å². The molecule has 0 unspecified atom stereocenters. The summed E-state index contributed by atoms with van der Waals surface area (Å²) in [5.41, 5.74) is 0.637. The maximum atomic E-state index is 12.5. The Morgan fingerprint density at radius 2 is 1.59 bits per heavy atom. The lowest BCUT2D eigenvalue weighted by Crippen LogP contribution is -2.47. The van der Waals surface area contributed by atoms with Crippen molar-refractivity contribution in [2.45, 2.75) is 25.7 Å². The molecule has 2 saturated heterocycles. The third-order valence-corrected chi connectivity index (χ3v) is 5.00. The van der Waals surface area contributed by atoms with Gasteiger partial charge in [0, 0.05) is 37.8 Å². The summed E-state index contributed by atoms with van der Waals surface area (Å²) in [5, 5.41) is 11.5. The van der Waals surface area contributed by atoms with Crippen molar-refractivity contribution < 1.29 is 24.2 Å². The van der Waals surface area contributed by atoms with E-state index in [1.54, 1.807) is 24.3 Å². The first-order valence-electron chi connectivity index (χ1n) is 9.32. The average molecular weight is 375 g/mol. The number of carboxylic acid groups (broad SMARTS) is 1. The number of aliphatic carboxylic acids is 1. The molecule has 0 aromatic heterocycles. The summed E-state index contributed by atoms with van der Waals surface area (Å²) in [6, 6.07) is 6.71. The summed E-state index contributed by atoms with van der Waals surface area (Å²) in [5.74, 6) is -0.774. The van der Waals surface area contributed by atoms with Gasteiger partial charge < -0.3 is 25.0 Å². The van der Waals surface area contributed by atoms with Crippen LogP contribution in [0, 0.1) is 5.92 Å². The first kappa shape index (κ1) is 19.0. The SMILES string of the molecule is O=C(O)COc1ccc(NC(=O)C2CCN(C(=O)N3CCCC3)CC2)cc1. The minimum Gasteiger partial charge on any atom is -0.482 e. The van der Waals surface area contributed by atoms with E-state index < -0.39 is 12.6 Å². The molecule has 146 valence electrons. The fourth-order valence-corrected chi connectivity index (χ4v) is 3.47. The molecule has 0 aliphatic carbocycles. The molecule has 2 fully saturated rings. The molecule has 0 saturated carbocycles. The van der Waals surface area contributed by atoms with Gasteiger partial charge >= 0.3 is 12.0 Å². The predicted octanol–water partition coefficient (Wildman–Crippen LogP) is 2.02. The van der Waals surface area contributed by atoms with E-state index in [-0.39, 0.29) is 17.9 Å². The molecule has 2 aliphatic rings. The van der Waals surface area contributed by atoms with Gasteiger partial charge in [0.15, 0.2) is 6.61 Å². The zero-order chi connectivity index (χ0) is 19.2. The van der Waals surface area contributed by atoms with Gasteiger partial charge in [0.1, 0.15) is 5.75 Å². The van der Waals surface area contributed by atoms with Crippen LogP contribution in [0.5, 0.6) is 5.75 Å². The number of anilines is 1. The van der Waals surface area contributed by atoms with Crippen molar-refractivity contribution in [2.24, 2.45) is 5.92 Å². The van der Waals surface area contributed by atoms with Crippen LogP contribution in [0.4, 0.5) is 10.5 Å². The minimum atomic E-state index is -1.04. The molecule has 0 atom stereocenters. The highest BCUT2D eigenvalue weighted by atomic mass is 16.5. The lowest BCUT2D eigenvalue weighted by molar-refractivity contribution is -0.139. The van der Waals surface area contributed by atoms with E-state index in [0.29, 0.717) is 37.4 Å². The fraction of sp³-hybridized carbons (Fsp3) is 0.526. The van der Waals surface area contributed by atoms with E-state index in [0.717, 1.165) is 25.9 Å². The number of amides is 3. The lowest BCUT2D eigenvalue weighted by atomic mass is 9.96. The molecule has 0 spiro atoms. The number of piperidine rings is 1. The first-order valence-corrected chi connectivity index (χ1v) is 9.32. The summed E-state index contributed by atoms with van der Waals surface area (Å²) < 4.78 is 5.07. The molecule has 2 N–H and O–H groups in total. The second-order valence-corrected chi connectivity index (χ2v) is 6.93. The van der Waals surface area contributed by atoms with Crippen molar-refractivity contribution in [1.29, 1.82) is 0 Å². The number of benzene rings is 1. The number of nitrogens with zero attached hydrogens (tertiary/aromatic N) is 2. The van der Waals surface area contributed by atoms with Gasteiger partial charge in [-0.05, 0) is 49.9 Å². The number of carboxylic acids is 1. The van der Waals surface area contributed by atoms with Gasteiger partial charge in [-0.2, -0.15) is 0 Å². The molecular weight excluding hydrogens is 350 g/mol. The number of rotatable bonds is 5. The van der Waals surface area contributed by atoms with Gasteiger partial charge in [-0.3, -0.25) is 4.79 Å². The Kier molecular flexibility index (Phi) is 6.16. The summed E-state index contributed by atoms with van der Waals surface area (Å²) in [4.78, 5) is 39.1. The van der Waals surface area contributed by atoms with Gasteiger partial charge in [-0.15, -0.1) is 0 Å². The molecule has 3 rings (SSSR count). The molecular formula is C19H25N3O5. The number of urea groups is 1. The van der Waals surface area contributed by atoms with Crippen molar-refractivity contribution in [2.75, 3.05) is 38.1 Å². The Hall–Kier alpha value is -2.77. The Balaban J connectivity index is 1.45. The van der Waals surface area contributed by atoms with Gasteiger partial charge in [0.2, 0.25) is 5.91 Å². The van der Waals surface area contributed by atoms with Gasteiger partial charge in [0.05, 0.1) is 0 Å². The number of carbonyl (C=O) groups excluding carboxylic acids is 2. The number of ether oxygens (including phenoxy) is 1. The highest BCUT2D eigenvalue weighted by Crippen LogP contribution is 2.22. The standard InChI is InChI=1S/C19H25N3O5/c23-17(24)13-27-16-5-3-15(4-6-16)20-18(25)14-7-11-22(12-8-14)19(26)21-9-1-2-10-21/h3-6,14H,1-2,7-13H2,(H,20,25)(H,23,24). The quantitative estimate of drug-likeness (QED) is 0.820. The van der Waals surface area contributed by atoms with Crippen LogP contribution in [0.2, 0.25) is 0 Å². The molecule has 8 nitrogen and oxygen atoms in total. The van der Waals surface area contributed by atoms with Crippen molar-refractivity contribution in [3.05, 3.63) is 24.3 Å². The highest BCUT2D eigenvalue weighted by Gasteiger charge is 2.30. The molecule has 2 heterocycles. The van der Waals surface area contributed by atoms with Crippen molar-refractivity contribution in [3.8, 4) is 5.75 Å². The van der Waals surface area contributed by atoms with Crippen molar-refractivity contribution in [3.63, 3.8) is 0 Å². The van der Waals surface area contributed by atoms with Crippen LogP contribution in [0.25, 0.3) is 0 Å². The van der Waals surface area contributed by atoms with Crippen molar-refractivity contribution >= 4 is 23.6 Å². The van der Waals surface area contributed by atoms with Crippen LogP contribution in [0.15, 0.2) is 24.3 Å². The normalized spacial score (nSPS) is 17.6. The van der Waals surface area contributed by atoms with E-state index in [1.165, 1.54) is 0 Å². The lowest BCUT2D eigenvalue weighted by Gasteiger charge is -2.34. The van der Waals surface area contributed by atoms with Crippen LogP contribution < -0.4 is 10.1 Å². The van der Waals surface area contributed by atoms with Gasteiger partial charge in [-0.25, -0.2) is 9.59 Å². The largest absolute Gasteiger partial charge is 0.482 e. The fourth-order valence-electron chi connectivity index (χ4n) is 3.47. The summed E-state index contributed by atoms with van der Waals surface area (Å²) >= 11 is 0. The Morgan fingerprint density at radius 1 is 1.00 bits per heavy atom. The molecule has 3 amide bonds. The number of hydrogen-bond acceptors (Lipinski definition) is 4. The number of hydrogen-bond donors (Lipinski definition) is 2. The Morgan fingerprint density at radius 3 is 2.19 bits per heavy atom. The van der Waals surface area contributed by atoms with Crippen LogP contribution >= 0.6 is 0 Å². The number of likely N-dealkylation sites (tertiary alicyclic amines) is 2. The topological polar surface area (TPSA) is 99.2 Å². The third kappa shape index (κ3) is 5.12. The molecule has 8 heteroatoms. The van der Waals surface area contributed by atoms with E-state index in [1.807, 2.05) is 9.80 Å². The molecule has 1 aromatic carbocycles. The summed E-state index contributed by atoms with van der Waals surface area (Å²) in [6.45, 7) is 2.49. The predicted molar refractivity (Wildman–Crippen MR) is 98.7 cm³/mol. The third-order valence-electron chi connectivity index (χ3n) is 5.00. The zero-order valence-corrected chi connectivity index (χ0v) is 15.2. The Bertz CT molecular complexity index is 677. The van der Waals surface area contributed by atoms with Crippen LogP contribution in [-0.4, -0.2) is 65.6 Å².